The van der Waals surface area contributed by atoms with E-state index in [9.17, 15) is 14.0 Å². The molecule has 2 aromatic carbocycles. The second-order valence-electron chi connectivity index (χ2n) is 6.21. The molecule has 4 nitrogen and oxygen atoms in total. The Hall–Kier alpha value is -2.12. The largest absolute Gasteiger partial charge is 0.334 e. The Kier molecular flexibility index (Phi) is 8.73. The number of carbonyl (C=O) groups is 2. The highest BCUT2D eigenvalue weighted by Gasteiger charge is 2.16. The summed E-state index contributed by atoms with van der Waals surface area (Å²) in [6.07, 6.45) is 1.60. The van der Waals surface area contributed by atoms with Gasteiger partial charge in [-0.1, -0.05) is 39.7 Å². The first-order chi connectivity index (χ1) is 13.4. The van der Waals surface area contributed by atoms with Gasteiger partial charge in [-0.15, -0.1) is 18.3 Å². The number of thioether (sulfide) groups is 1. The van der Waals surface area contributed by atoms with Gasteiger partial charge in [-0.3, -0.25) is 9.59 Å². The monoisotopic (exact) mass is 464 g/mol. The summed E-state index contributed by atoms with van der Waals surface area (Å²) in [5.41, 5.74) is 2.26. The summed E-state index contributed by atoms with van der Waals surface area (Å²) >= 11 is 4.54. The van der Waals surface area contributed by atoms with E-state index >= 15 is 0 Å². The fourth-order valence-corrected chi connectivity index (χ4v) is 3.56. The minimum atomic E-state index is -0.366. The molecule has 0 bridgehead atoms. The van der Waals surface area contributed by atoms with Crippen LogP contribution in [0.1, 0.15) is 11.1 Å². The molecule has 0 heterocycles. The zero-order valence-electron chi connectivity index (χ0n) is 15.6. The molecule has 0 spiro atoms. The maximum absolute atomic E-state index is 14.0. The third kappa shape index (κ3) is 7.13. The topological polar surface area (TPSA) is 49.4 Å². The van der Waals surface area contributed by atoms with Crippen LogP contribution >= 0.6 is 27.7 Å². The number of hydrogen-bond donors (Lipinski definition) is 1. The number of benzene rings is 2. The Labute approximate surface area is 177 Å². The van der Waals surface area contributed by atoms with Crippen molar-refractivity contribution in [3.63, 3.8) is 0 Å². The molecule has 2 rings (SSSR count). The van der Waals surface area contributed by atoms with E-state index in [1.807, 2.05) is 31.2 Å². The van der Waals surface area contributed by atoms with Crippen molar-refractivity contribution >= 4 is 45.2 Å². The number of nitrogens with one attached hydrogen (secondary N) is 1. The van der Waals surface area contributed by atoms with Gasteiger partial charge in [0.15, 0.2) is 0 Å². The van der Waals surface area contributed by atoms with Crippen LogP contribution in [0.5, 0.6) is 0 Å². The van der Waals surface area contributed by atoms with Crippen molar-refractivity contribution in [2.75, 3.05) is 23.4 Å². The summed E-state index contributed by atoms with van der Waals surface area (Å²) in [4.78, 5) is 26.0. The summed E-state index contributed by atoms with van der Waals surface area (Å²) < 4.78 is 14.7. The van der Waals surface area contributed by atoms with Crippen LogP contribution in [-0.2, 0) is 16.1 Å². The standard InChI is InChI=1S/C21H22BrFN2O2S/c1-3-10-25(12-16-11-17(22)6-9-19(16)23)21(27)14-28-13-20(26)24-18-7-4-15(2)5-8-18/h3-9,11H,1,10,12-14H2,2H3,(H,24,26). The smallest absolute Gasteiger partial charge is 0.234 e. The number of carbonyl (C=O) groups excluding carboxylic acids is 2. The molecule has 28 heavy (non-hydrogen) atoms. The van der Waals surface area contributed by atoms with Crippen LogP contribution in [0.25, 0.3) is 0 Å². The number of nitrogens with zero attached hydrogens (tertiary/aromatic N) is 1. The van der Waals surface area contributed by atoms with E-state index in [0.717, 1.165) is 15.7 Å². The van der Waals surface area contributed by atoms with Gasteiger partial charge in [0.1, 0.15) is 5.82 Å². The van der Waals surface area contributed by atoms with Crippen molar-refractivity contribution in [3.8, 4) is 0 Å². The van der Waals surface area contributed by atoms with Gasteiger partial charge in [0.05, 0.1) is 11.5 Å². The van der Waals surface area contributed by atoms with E-state index in [2.05, 4.69) is 27.8 Å². The van der Waals surface area contributed by atoms with Crippen LogP contribution < -0.4 is 5.32 Å². The molecule has 0 saturated carbocycles. The van der Waals surface area contributed by atoms with Gasteiger partial charge in [-0.2, -0.15) is 0 Å². The van der Waals surface area contributed by atoms with Gasteiger partial charge in [0, 0.05) is 28.8 Å². The highest BCUT2D eigenvalue weighted by molar-refractivity contribution is 9.10. The normalized spacial score (nSPS) is 10.4. The van der Waals surface area contributed by atoms with Crippen molar-refractivity contribution in [1.82, 2.24) is 4.90 Å². The first-order valence-electron chi connectivity index (χ1n) is 8.66. The molecule has 7 heteroatoms. The van der Waals surface area contributed by atoms with Gasteiger partial charge >= 0.3 is 0 Å². The molecule has 0 aliphatic carbocycles. The molecule has 0 aliphatic heterocycles. The number of amides is 2. The Morgan fingerprint density at radius 3 is 2.61 bits per heavy atom. The third-order valence-corrected chi connectivity index (χ3v) is 5.28. The number of aryl methyl sites for hydroxylation is 1. The predicted octanol–water partition coefficient (Wildman–Crippen LogP) is 4.78. The van der Waals surface area contributed by atoms with Crippen LogP contribution in [0, 0.1) is 12.7 Å². The fourth-order valence-electron chi connectivity index (χ4n) is 2.44. The van der Waals surface area contributed by atoms with Crippen LogP contribution in [0.3, 0.4) is 0 Å². The second kappa shape index (κ2) is 11.0. The van der Waals surface area contributed by atoms with Crippen molar-refractivity contribution < 1.29 is 14.0 Å². The molecular weight excluding hydrogens is 443 g/mol. The SMILES string of the molecule is C=CCN(Cc1cc(Br)ccc1F)C(=O)CSCC(=O)Nc1ccc(C)cc1. The zero-order valence-corrected chi connectivity index (χ0v) is 18.0. The number of rotatable bonds is 9. The van der Waals surface area contributed by atoms with Crippen LogP contribution in [0.2, 0.25) is 0 Å². The van der Waals surface area contributed by atoms with Gasteiger partial charge in [-0.05, 0) is 37.3 Å². The number of halogens is 2. The number of anilines is 1. The summed E-state index contributed by atoms with van der Waals surface area (Å²) in [6, 6.07) is 12.1. The van der Waals surface area contributed by atoms with Crippen LogP contribution in [-0.4, -0.2) is 34.8 Å². The first kappa shape index (κ1) is 22.2. The van der Waals surface area contributed by atoms with Crippen molar-refractivity contribution in [1.29, 1.82) is 0 Å². The molecule has 2 aromatic rings. The second-order valence-corrected chi connectivity index (χ2v) is 8.11. The summed E-state index contributed by atoms with van der Waals surface area (Å²) in [7, 11) is 0. The number of hydrogen-bond acceptors (Lipinski definition) is 3. The van der Waals surface area contributed by atoms with Crippen LogP contribution in [0.15, 0.2) is 59.6 Å². The lowest BCUT2D eigenvalue weighted by Crippen LogP contribution is -2.32. The molecule has 148 valence electrons. The molecular formula is C21H22BrFN2O2S. The van der Waals surface area contributed by atoms with E-state index in [0.29, 0.717) is 12.1 Å². The lowest BCUT2D eigenvalue weighted by Gasteiger charge is -2.21. The molecule has 0 radical (unpaired) electrons. The highest BCUT2D eigenvalue weighted by Crippen LogP contribution is 2.18. The summed E-state index contributed by atoms with van der Waals surface area (Å²) in [5, 5.41) is 2.80. The highest BCUT2D eigenvalue weighted by atomic mass is 79.9. The summed E-state index contributed by atoms with van der Waals surface area (Å²) in [6.45, 7) is 6.08. The van der Waals surface area contributed by atoms with Gasteiger partial charge < -0.3 is 10.2 Å². The quantitative estimate of drug-likeness (QED) is 0.543. The fraction of sp³-hybridized carbons (Fsp3) is 0.238. The van der Waals surface area contributed by atoms with Gasteiger partial charge in [0.25, 0.3) is 0 Å². The van der Waals surface area contributed by atoms with Crippen LogP contribution in [0.4, 0.5) is 10.1 Å². The van der Waals surface area contributed by atoms with E-state index < -0.39 is 0 Å². The molecule has 0 unspecified atom stereocenters. The minimum absolute atomic E-state index is 0.130. The van der Waals surface area contributed by atoms with Crippen molar-refractivity contribution in [3.05, 3.63) is 76.5 Å². The first-order valence-corrected chi connectivity index (χ1v) is 10.6. The molecule has 0 aliphatic rings. The minimum Gasteiger partial charge on any atom is -0.334 e. The Morgan fingerprint density at radius 1 is 1.21 bits per heavy atom. The predicted molar refractivity (Wildman–Crippen MR) is 117 cm³/mol. The maximum Gasteiger partial charge on any atom is 0.234 e. The van der Waals surface area contributed by atoms with E-state index in [4.69, 9.17) is 0 Å². The van der Waals surface area contributed by atoms with E-state index in [1.54, 1.807) is 18.2 Å². The van der Waals surface area contributed by atoms with Gasteiger partial charge in [-0.25, -0.2) is 4.39 Å². The molecule has 0 saturated heterocycles. The molecule has 0 fully saturated rings. The van der Waals surface area contributed by atoms with Crippen molar-refractivity contribution in [2.24, 2.45) is 0 Å². The molecule has 1 N–H and O–H groups in total. The Balaban J connectivity index is 1.86. The molecule has 0 atom stereocenters. The average molecular weight is 465 g/mol. The van der Waals surface area contributed by atoms with E-state index in [-0.39, 0.29) is 35.7 Å². The molecule has 0 aromatic heterocycles. The zero-order chi connectivity index (χ0) is 20.5. The van der Waals surface area contributed by atoms with E-state index in [1.165, 1.54) is 22.7 Å². The lowest BCUT2D eigenvalue weighted by atomic mass is 10.2. The summed E-state index contributed by atoms with van der Waals surface area (Å²) in [5.74, 6) is -0.421. The lowest BCUT2D eigenvalue weighted by molar-refractivity contribution is -0.128. The Bertz CT molecular complexity index is 843. The van der Waals surface area contributed by atoms with Gasteiger partial charge in [0.2, 0.25) is 11.8 Å². The average Bonchev–Trinajstić information content (AvgIpc) is 2.66. The third-order valence-electron chi connectivity index (χ3n) is 3.87. The van der Waals surface area contributed by atoms with Crippen molar-refractivity contribution in [2.45, 2.75) is 13.5 Å². The molecule has 2 amide bonds. The Morgan fingerprint density at radius 2 is 1.93 bits per heavy atom. The maximum atomic E-state index is 14.0.